The number of rotatable bonds is 8. The molecule has 3 rings (SSSR count). The highest BCUT2D eigenvalue weighted by molar-refractivity contribution is 7.92. The maximum atomic E-state index is 13.2. The van der Waals surface area contributed by atoms with Crippen molar-refractivity contribution >= 4 is 38.6 Å². The molecule has 0 aliphatic heterocycles. The lowest BCUT2D eigenvalue weighted by Crippen LogP contribution is -2.30. The molecule has 152 valence electrons. The topological polar surface area (TPSA) is 75.7 Å². The fraction of sp³-hybridized carbons (Fsp3) is 0.190. The van der Waals surface area contributed by atoms with E-state index in [0.717, 1.165) is 5.56 Å². The maximum Gasteiger partial charge on any atom is 0.264 e. The van der Waals surface area contributed by atoms with Gasteiger partial charge in [-0.25, -0.2) is 8.42 Å². The van der Waals surface area contributed by atoms with Crippen molar-refractivity contribution in [3.05, 3.63) is 70.9 Å². The molecular formula is C21H22N2O4S2. The monoisotopic (exact) mass is 430 g/mol. The summed E-state index contributed by atoms with van der Waals surface area (Å²) in [5.41, 5.74) is 1.79. The smallest absolute Gasteiger partial charge is 0.264 e. The molecule has 0 aliphatic carbocycles. The van der Waals surface area contributed by atoms with E-state index in [-0.39, 0.29) is 23.8 Å². The van der Waals surface area contributed by atoms with Gasteiger partial charge in [0.15, 0.2) is 0 Å². The molecule has 0 fully saturated rings. The second kappa shape index (κ2) is 9.11. The van der Waals surface area contributed by atoms with Crippen LogP contribution in [0.1, 0.15) is 12.5 Å². The van der Waals surface area contributed by atoms with Crippen LogP contribution in [0.2, 0.25) is 0 Å². The third kappa shape index (κ3) is 4.78. The van der Waals surface area contributed by atoms with Gasteiger partial charge in [-0.05, 0) is 59.6 Å². The molecule has 0 unspecified atom stereocenters. The van der Waals surface area contributed by atoms with Gasteiger partial charge in [-0.2, -0.15) is 11.3 Å². The van der Waals surface area contributed by atoms with E-state index in [0.29, 0.717) is 17.1 Å². The molecule has 29 heavy (non-hydrogen) atoms. The van der Waals surface area contributed by atoms with Gasteiger partial charge in [0, 0.05) is 6.54 Å². The van der Waals surface area contributed by atoms with Gasteiger partial charge in [0.25, 0.3) is 10.0 Å². The molecule has 0 bridgehead atoms. The van der Waals surface area contributed by atoms with E-state index in [9.17, 15) is 13.2 Å². The van der Waals surface area contributed by atoms with Crippen molar-refractivity contribution in [2.75, 3.05) is 23.3 Å². The Morgan fingerprint density at radius 2 is 1.90 bits per heavy atom. The van der Waals surface area contributed by atoms with Crippen molar-refractivity contribution in [1.29, 1.82) is 0 Å². The number of carbonyl (C=O) groups is 1. The molecule has 1 heterocycles. The largest absolute Gasteiger partial charge is 0.495 e. The van der Waals surface area contributed by atoms with Crippen molar-refractivity contribution in [2.45, 2.75) is 18.2 Å². The van der Waals surface area contributed by atoms with Crippen LogP contribution < -0.4 is 14.4 Å². The Bertz CT molecular complexity index is 1070. The van der Waals surface area contributed by atoms with E-state index >= 15 is 0 Å². The van der Waals surface area contributed by atoms with Gasteiger partial charge in [0.05, 0.1) is 29.8 Å². The van der Waals surface area contributed by atoms with Crippen LogP contribution in [0.3, 0.4) is 0 Å². The molecule has 1 amide bonds. The number of carbonyl (C=O) groups excluding carboxylic acids is 1. The van der Waals surface area contributed by atoms with Crippen molar-refractivity contribution in [3.8, 4) is 5.75 Å². The molecular weight excluding hydrogens is 408 g/mol. The average Bonchev–Trinajstić information content (AvgIpc) is 3.22. The highest BCUT2D eigenvalue weighted by Crippen LogP contribution is 2.31. The van der Waals surface area contributed by atoms with Crippen LogP contribution in [0.25, 0.3) is 0 Å². The Kier molecular flexibility index (Phi) is 6.56. The van der Waals surface area contributed by atoms with E-state index in [1.807, 2.05) is 22.9 Å². The van der Waals surface area contributed by atoms with E-state index in [4.69, 9.17) is 4.74 Å². The average molecular weight is 431 g/mol. The predicted molar refractivity (Wildman–Crippen MR) is 116 cm³/mol. The number of anilines is 2. The number of para-hydroxylation sites is 1. The summed E-state index contributed by atoms with van der Waals surface area (Å²) in [6, 6.07) is 15.2. The standard InChI is InChI=1S/C21H22N2O4S2/c1-3-23(17-7-5-4-6-8-17)29(25,26)18-9-10-20(27-2)19(14-18)22-21(24)13-16-11-12-28-15-16/h4-12,14-15H,3,13H2,1-2H3,(H,22,24). The molecule has 0 radical (unpaired) electrons. The number of ether oxygens (including phenoxy) is 1. The third-order valence-electron chi connectivity index (χ3n) is 4.31. The van der Waals surface area contributed by atoms with Crippen LogP contribution in [-0.4, -0.2) is 28.0 Å². The van der Waals surface area contributed by atoms with E-state index < -0.39 is 10.0 Å². The first kappa shape index (κ1) is 20.9. The number of methoxy groups -OCH3 is 1. The Morgan fingerprint density at radius 3 is 2.52 bits per heavy atom. The summed E-state index contributed by atoms with van der Waals surface area (Å²) in [4.78, 5) is 12.5. The van der Waals surface area contributed by atoms with E-state index in [1.165, 1.54) is 34.9 Å². The van der Waals surface area contributed by atoms with Gasteiger partial charge in [-0.15, -0.1) is 0 Å². The van der Waals surface area contributed by atoms with Crippen LogP contribution in [0, 0.1) is 0 Å². The van der Waals surface area contributed by atoms with Gasteiger partial charge in [0.1, 0.15) is 5.75 Å². The highest BCUT2D eigenvalue weighted by atomic mass is 32.2. The first-order valence-corrected chi connectivity index (χ1v) is 11.4. The molecule has 6 nitrogen and oxygen atoms in total. The number of benzene rings is 2. The number of nitrogens with zero attached hydrogens (tertiary/aromatic N) is 1. The van der Waals surface area contributed by atoms with Gasteiger partial charge >= 0.3 is 0 Å². The minimum atomic E-state index is -3.81. The Hall–Kier alpha value is -2.84. The first-order chi connectivity index (χ1) is 14.0. The lowest BCUT2D eigenvalue weighted by molar-refractivity contribution is -0.115. The highest BCUT2D eigenvalue weighted by Gasteiger charge is 2.25. The van der Waals surface area contributed by atoms with Gasteiger partial charge < -0.3 is 10.1 Å². The minimum absolute atomic E-state index is 0.0786. The third-order valence-corrected chi connectivity index (χ3v) is 6.94. The zero-order valence-corrected chi connectivity index (χ0v) is 17.8. The molecule has 1 N–H and O–H groups in total. The summed E-state index contributed by atoms with van der Waals surface area (Å²) in [6.07, 6.45) is 0.203. The summed E-state index contributed by atoms with van der Waals surface area (Å²) in [6.45, 7) is 2.05. The molecule has 0 spiro atoms. The number of hydrogen-bond acceptors (Lipinski definition) is 5. The van der Waals surface area contributed by atoms with Crippen molar-refractivity contribution in [2.24, 2.45) is 0 Å². The Labute approximate surface area is 174 Å². The summed E-state index contributed by atoms with van der Waals surface area (Å²) in [5, 5.41) is 6.57. The second-order valence-electron chi connectivity index (χ2n) is 6.22. The summed E-state index contributed by atoms with van der Waals surface area (Å²) >= 11 is 1.52. The maximum absolute atomic E-state index is 13.2. The molecule has 0 aliphatic rings. The summed E-state index contributed by atoms with van der Waals surface area (Å²) in [5.74, 6) is 0.150. The second-order valence-corrected chi connectivity index (χ2v) is 8.87. The van der Waals surface area contributed by atoms with Crippen LogP contribution >= 0.6 is 11.3 Å². The molecule has 0 atom stereocenters. The summed E-state index contributed by atoms with van der Waals surface area (Å²) in [7, 11) is -2.34. The van der Waals surface area contributed by atoms with Gasteiger partial charge in [-0.3, -0.25) is 9.10 Å². The lowest BCUT2D eigenvalue weighted by atomic mass is 10.2. The number of amides is 1. The predicted octanol–water partition coefficient (Wildman–Crippen LogP) is 4.15. The van der Waals surface area contributed by atoms with Crippen LogP contribution in [-0.2, 0) is 21.2 Å². The lowest BCUT2D eigenvalue weighted by Gasteiger charge is -2.23. The first-order valence-electron chi connectivity index (χ1n) is 9.02. The fourth-order valence-corrected chi connectivity index (χ4v) is 5.10. The van der Waals surface area contributed by atoms with Crippen molar-refractivity contribution in [1.82, 2.24) is 0 Å². The molecule has 2 aromatic carbocycles. The molecule has 0 saturated carbocycles. The number of thiophene rings is 1. The van der Waals surface area contributed by atoms with Crippen molar-refractivity contribution in [3.63, 3.8) is 0 Å². The van der Waals surface area contributed by atoms with Crippen LogP contribution in [0.5, 0.6) is 5.75 Å². The molecule has 0 saturated heterocycles. The fourth-order valence-electron chi connectivity index (χ4n) is 2.93. The molecule has 1 aromatic heterocycles. The SMILES string of the molecule is CCN(c1ccccc1)S(=O)(=O)c1ccc(OC)c(NC(=O)Cc2ccsc2)c1. The van der Waals surface area contributed by atoms with Crippen LogP contribution in [0.15, 0.2) is 70.3 Å². The molecule has 8 heteroatoms. The van der Waals surface area contributed by atoms with Crippen LogP contribution in [0.4, 0.5) is 11.4 Å². The number of hydrogen-bond donors (Lipinski definition) is 1. The number of sulfonamides is 1. The van der Waals surface area contributed by atoms with E-state index in [1.54, 1.807) is 37.3 Å². The number of nitrogens with one attached hydrogen (secondary N) is 1. The van der Waals surface area contributed by atoms with Gasteiger partial charge in [0.2, 0.25) is 5.91 Å². The normalized spacial score (nSPS) is 11.1. The van der Waals surface area contributed by atoms with Gasteiger partial charge in [-0.1, -0.05) is 18.2 Å². The minimum Gasteiger partial charge on any atom is -0.495 e. The zero-order chi connectivity index (χ0) is 20.9. The zero-order valence-electron chi connectivity index (χ0n) is 16.2. The summed E-state index contributed by atoms with van der Waals surface area (Å²) < 4.78 is 33.1. The van der Waals surface area contributed by atoms with E-state index in [2.05, 4.69) is 5.32 Å². The Balaban J connectivity index is 1.91. The Morgan fingerprint density at radius 1 is 1.14 bits per heavy atom. The van der Waals surface area contributed by atoms with Crippen molar-refractivity contribution < 1.29 is 17.9 Å². The molecule has 3 aromatic rings. The quantitative estimate of drug-likeness (QED) is 0.582.